The Hall–Kier alpha value is -1.06. The van der Waals surface area contributed by atoms with E-state index in [-0.39, 0.29) is 18.0 Å². The normalized spacial score (nSPS) is 18.4. The fourth-order valence-corrected chi connectivity index (χ4v) is 2.63. The molecule has 1 aromatic carbocycles. The number of hydrogen-bond acceptors (Lipinski definition) is 2. The van der Waals surface area contributed by atoms with E-state index in [1.54, 1.807) is 0 Å². The first-order valence-electron chi connectivity index (χ1n) is 6.88. The van der Waals surface area contributed by atoms with Crippen LogP contribution in [0.3, 0.4) is 0 Å². The first-order chi connectivity index (χ1) is 9.08. The van der Waals surface area contributed by atoms with Gasteiger partial charge >= 0.3 is 0 Å². The van der Waals surface area contributed by atoms with Crippen LogP contribution < -0.4 is 5.32 Å². The van der Waals surface area contributed by atoms with Crippen molar-refractivity contribution in [2.75, 3.05) is 13.1 Å². The van der Waals surface area contributed by atoms with Gasteiger partial charge < -0.3 is 4.90 Å². The minimum Gasteiger partial charge on any atom is -0.341 e. The molecule has 0 spiro atoms. The van der Waals surface area contributed by atoms with Gasteiger partial charge in [0.25, 0.3) is 0 Å². The SMILES string of the molecule is CC(N[C@@H](C)c1ccc(Cl)cc1)C(=O)N1CCCC1. The van der Waals surface area contributed by atoms with Gasteiger partial charge in [-0.05, 0) is 44.4 Å². The van der Waals surface area contributed by atoms with E-state index in [1.165, 1.54) is 0 Å². The second-order valence-electron chi connectivity index (χ2n) is 5.19. The van der Waals surface area contributed by atoms with Gasteiger partial charge in [-0.2, -0.15) is 0 Å². The fourth-order valence-electron chi connectivity index (χ4n) is 2.51. The van der Waals surface area contributed by atoms with Gasteiger partial charge in [-0.1, -0.05) is 23.7 Å². The smallest absolute Gasteiger partial charge is 0.239 e. The molecule has 0 aromatic heterocycles. The third-order valence-corrected chi connectivity index (χ3v) is 3.91. The number of rotatable bonds is 4. The summed E-state index contributed by atoms with van der Waals surface area (Å²) in [5, 5.41) is 4.09. The van der Waals surface area contributed by atoms with Crippen LogP contribution in [-0.2, 0) is 4.79 Å². The van der Waals surface area contributed by atoms with Gasteiger partial charge in [0.1, 0.15) is 0 Å². The summed E-state index contributed by atoms with van der Waals surface area (Å²) in [7, 11) is 0. The number of amides is 1. The average molecular weight is 281 g/mol. The number of nitrogens with zero attached hydrogens (tertiary/aromatic N) is 1. The monoisotopic (exact) mass is 280 g/mol. The molecule has 19 heavy (non-hydrogen) atoms. The second-order valence-corrected chi connectivity index (χ2v) is 5.63. The Balaban J connectivity index is 1.92. The molecule has 0 radical (unpaired) electrons. The van der Waals surface area contributed by atoms with E-state index >= 15 is 0 Å². The number of halogens is 1. The number of likely N-dealkylation sites (tertiary alicyclic amines) is 1. The van der Waals surface area contributed by atoms with Crippen LogP contribution in [0.2, 0.25) is 5.02 Å². The van der Waals surface area contributed by atoms with Crippen molar-refractivity contribution in [3.63, 3.8) is 0 Å². The molecule has 0 aliphatic carbocycles. The Morgan fingerprint density at radius 2 is 1.79 bits per heavy atom. The topological polar surface area (TPSA) is 32.3 Å². The lowest BCUT2D eigenvalue weighted by Crippen LogP contribution is -2.44. The van der Waals surface area contributed by atoms with Gasteiger partial charge in [0.05, 0.1) is 6.04 Å². The molecule has 4 heteroatoms. The first kappa shape index (κ1) is 14.4. The van der Waals surface area contributed by atoms with E-state index in [2.05, 4.69) is 12.2 Å². The van der Waals surface area contributed by atoms with Gasteiger partial charge in [0.15, 0.2) is 0 Å². The van der Waals surface area contributed by atoms with Gasteiger partial charge in [0, 0.05) is 24.2 Å². The Morgan fingerprint density at radius 3 is 2.37 bits per heavy atom. The number of benzene rings is 1. The van der Waals surface area contributed by atoms with Crippen LogP contribution in [-0.4, -0.2) is 29.9 Å². The lowest BCUT2D eigenvalue weighted by Gasteiger charge is -2.24. The largest absolute Gasteiger partial charge is 0.341 e. The predicted octanol–water partition coefficient (Wildman–Crippen LogP) is 3.00. The van der Waals surface area contributed by atoms with E-state index in [1.807, 2.05) is 36.1 Å². The minimum absolute atomic E-state index is 0.138. The summed E-state index contributed by atoms with van der Waals surface area (Å²) in [5.41, 5.74) is 1.14. The number of carbonyl (C=O) groups excluding carboxylic acids is 1. The summed E-state index contributed by atoms with van der Waals surface area (Å²) in [6.45, 7) is 5.81. The highest BCUT2D eigenvalue weighted by molar-refractivity contribution is 6.30. The number of nitrogens with one attached hydrogen (secondary N) is 1. The Morgan fingerprint density at radius 1 is 1.21 bits per heavy atom. The average Bonchev–Trinajstić information content (AvgIpc) is 2.92. The maximum absolute atomic E-state index is 12.2. The van der Waals surface area contributed by atoms with Crippen molar-refractivity contribution >= 4 is 17.5 Å². The Labute approximate surface area is 119 Å². The maximum Gasteiger partial charge on any atom is 0.239 e. The third-order valence-electron chi connectivity index (χ3n) is 3.66. The van der Waals surface area contributed by atoms with Crippen LogP contribution in [0.15, 0.2) is 24.3 Å². The molecule has 1 aliphatic rings. The van der Waals surface area contributed by atoms with E-state index < -0.39 is 0 Å². The van der Waals surface area contributed by atoms with Gasteiger partial charge in [-0.15, -0.1) is 0 Å². The standard InChI is InChI=1S/C15H21ClN2O/c1-11(13-5-7-14(16)8-6-13)17-12(2)15(19)18-9-3-4-10-18/h5-8,11-12,17H,3-4,9-10H2,1-2H3/t11-,12?/m0/s1. The van der Waals surface area contributed by atoms with Crippen molar-refractivity contribution in [1.29, 1.82) is 0 Å². The van der Waals surface area contributed by atoms with Crippen LogP contribution >= 0.6 is 11.6 Å². The molecule has 1 heterocycles. The number of carbonyl (C=O) groups is 1. The lowest BCUT2D eigenvalue weighted by atomic mass is 10.1. The van der Waals surface area contributed by atoms with E-state index in [0.717, 1.165) is 36.5 Å². The van der Waals surface area contributed by atoms with Crippen molar-refractivity contribution in [2.45, 2.75) is 38.8 Å². The maximum atomic E-state index is 12.2. The zero-order chi connectivity index (χ0) is 13.8. The van der Waals surface area contributed by atoms with Crippen molar-refractivity contribution in [2.24, 2.45) is 0 Å². The molecule has 1 aromatic rings. The van der Waals surface area contributed by atoms with Crippen LogP contribution in [0.1, 0.15) is 38.3 Å². The molecule has 1 aliphatic heterocycles. The van der Waals surface area contributed by atoms with Crippen molar-refractivity contribution in [1.82, 2.24) is 10.2 Å². The molecule has 0 saturated carbocycles. The molecule has 2 atom stereocenters. The highest BCUT2D eigenvalue weighted by Gasteiger charge is 2.24. The van der Waals surface area contributed by atoms with Crippen LogP contribution in [0.25, 0.3) is 0 Å². The highest BCUT2D eigenvalue weighted by Crippen LogP contribution is 2.17. The third kappa shape index (κ3) is 3.71. The number of hydrogen-bond donors (Lipinski definition) is 1. The summed E-state index contributed by atoms with van der Waals surface area (Å²) in [6, 6.07) is 7.73. The molecule has 2 rings (SSSR count). The molecule has 1 saturated heterocycles. The summed E-state index contributed by atoms with van der Waals surface area (Å²) in [5.74, 6) is 0.207. The molecular formula is C15H21ClN2O. The van der Waals surface area contributed by atoms with Crippen molar-refractivity contribution in [3.05, 3.63) is 34.9 Å². The minimum atomic E-state index is -0.149. The Kier molecular flexibility index (Phi) is 4.83. The zero-order valence-electron chi connectivity index (χ0n) is 11.5. The van der Waals surface area contributed by atoms with Gasteiger partial charge in [-0.3, -0.25) is 10.1 Å². The summed E-state index contributed by atoms with van der Waals surface area (Å²) in [4.78, 5) is 14.2. The lowest BCUT2D eigenvalue weighted by molar-refractivity contribution is -0.132. The fraction of sp³-hybridized carbons (Fsp3) is 0.533. The van der Waals surface area contributed by atoms with Crippen LogP contribution in [0.4, 0.5) is 0 Å². The van der Waals surface area contributed by atoms with Gasteiger partial charge in [-0.25, -0.2) is 0 Å². The van der Waals surface area contributed by atoms with E-state index in [9.17, 15) is 4.79 Å². The Bertz CT molecular complexity index is 426. The van der Waals surface area contributed by atoms with Crippen LogP contribution in [0.5, 0.6) is 0 Å². The van der Waals surface area contributed by atoms with Crippen molar-refractivity contribution in [3.8, 4) is 0 Å². The molecule has 1 unspecified atom stereocenters. The molecule has 3 nitrogen and oxygen atoms in total. The summed E-state index contributed by atoms with van der Waals surface area (Å²) >= 11 is 5.88. The molecule has 0 bridgehead atoms. The molecule has 1 fully saturated rings. The molecule has 1 N–H and O–H groups in total. The van der Waals surface area contributed by atoms with Crippen molar-refractivity contribution < 1.29 is 4.79 Å². The quantitative estimate of drug-likeness (QED) is 0.920. The first-order valence-corrected chi connectivity index (χ1v) is 7.26. The molecule has 1 amide bonds. The van der Waals surface area contributed by atoms with E-state index in [0.29, 0.717) is 0 Å². The van der Waals surface area contributed by atoms with E-state index in [4.69, 9.17) is 11.6 Å². The van der Waals surface area contributed by atoms with Gasteiger partial charge in [0.2, 0.25) is 5.91 Å². The summed E-state index contributed by atoms with van der Waals surface area (Å²) in [6.07, 6.45) is 2.26. The predicted molar refractivity (Wildman–Crippen MR) is 78.3 cm³/mol. The molecular weight excluding hydrogens is 260 g/mol. The summed E-state index contributed by atoms with van der Waals surface area (Å²) < 4.78 is 0. The van der Waals surface area contributed by atoms with Crippen LogP contribution in [0, 0.1) is 0 Å². The highest BCUT2D eigenvalue weighted by atomic mass is 35.5. The zero-order valence-corrected chi connectivity index (χ0v) is 12.3. The molecule has 104 valence electrons. The second kappa shape index (κ2) is 6.40.